The number of Topliss-reactive ketones (excluding diaryl/α,β-unsaturated/α-hetero) is 1. The summed E-state index contributed by atoms with van der Waals surface area (Å²) in [6, 6.07) is 0.714. The minimum Gasteiger partial charge on any atom is -0.469 e. The number of hydrogen-bond acceptors (Lipinski definition) is 5. The largest absolute Gasteiger partial charge is 0.469 e. The fourth-order valence-corrected chi connectivity index (χ4v) is 3.88. The maximum absolute atomic E-state index is 11.4. The molecule has 0 amide bonds. The molecule has 0 aliphatic rings. The summed E-state index contributed by atoms with van der Waals surface area (Å²) in [5.74, 6) is -0.320. The molecule has 0 radical (unpaired) electrons. The Bertz CT molecular complexity index is 310. The predicted molar refractivity (Wildman–Crippen MR) is 70.5 cm³/mol. The molecule has 0 aromatic carbocycles. The highest BCUT2D eigenvalue weighted by atomic mass is 28.4. The lowest BCUT2D eigenvalue weighted by atomic mass is 10.1. The van der Waals surface area contributed by atoms with Crippen LogP contribution in [-0.2, 0) is 23.2 Å². The van der Waals surface area contributed by atoms with Gasteiger partial charge in [0.25, 0.3) is 0 Å². The van der Waals surface area contributed by atoms with E-state index < -0.39 is 8.56 Å². The zero-order valence-corrected chi connectivity index (χ0v) is 12.6. The third kappa shape index (κ3) is 5.57. The maximum atomic E-state index is 11.4. The van der Waals surface area contributed by atoms with Crippen LogP contribution in [0.5, 0.6) is 0 Å². The normalized spacial score (nSPS) is 11.1. The van der Waals surface area contributed by atoms with E-state index in [4.69, 9.17) is 8.85 Å². The molecule has 0 saturated carbocycles. The number of ether oxygens (including phenoxy) is 1. The Labute approximate surface area is 109 Å². The smallest absolute Gasteiger partial charge is 0.348 e. The summed E-state index contributed by atoms with van der Waals surface area (Å²) in [5.41, 5.74) is 0.546. The van der Waals surface area contributed by atoms with Gasteiger partial charge < -0.3 is 13.6 Å². The Hall–Kier alpha value is -0.983. The van der Waals surface area contributed by atoms with Gasteiger partial charge in [0, 0.05) is 20.6 Å². The van der Waals surface area contributed by atoms with Gasteiger partial charge in [-0.15, -0.1) is 0 Å². The number of carbonyl (C=O) groups excluding carboxylic acids is 2. The monoisotopic (exact) mass is 274 g/mol. The summed E-state index contributed by atoms with van der Waals surface area (Å²) in [4.78, 5) is 22.7. The topological polar surface area (TPSA) is 61.8 Å². The van der Waals surface area contributed by atoms with E-state index in [0.717, 1.165) is 0 Å². The SMILES string of the molecule is C=C(C)C(=O)CCC[Si](CC(=O)OC)(OC)OC. The van der Waals surface area contributed by atoms with Crippen LogP contribution in [0.2, 0.25) is 12.1 Å². The van der Waals surface area contributed by atoms with Gasteiger partial charge in [0.2, 0.25) is 0 Å². The molecule has 0 heterocycles. The molecular weight excluding hydrogens is 252 g/mol. The molecule has 0 spiro atoms. The van der Waals surface area contributed by atoms with Gasteiger partial charge in [-0.2, -0.15) is 0 Å². The van der Waals surface area contributed by atoms with E-state index in [9.17, 15) is 9.59 Å². The van der Waals surface area contributed by atoms with Gasteiger partial charge in [-0.3, -0.25) is 9.59 Å². The zero-order valence-electron chi connectivity index (χ0n) is 11.6. The van der Waals surface area contributed by atoms with E-state index in [1.807, 2.05) is 0 Å². The highest BCUT2D eigenvalue weighted by Gasteiger charge is 2.38. The lowest BCUT2D eigenvalue weighted by Gasteiger charge is -2.26. The van der Waals surface area contributed by atoms with Gasteiger partial charge in [0.05, 0.1) is 13.2 Å². The molecule has 0 fully saturated rings. The van der Waals surface area contributed by atoms with Crippen LogP contribution in [0.4, 0.5) is 0 Å². The zero-order chi connectivity index (χ0) is 14.2. The van der Waals surface area contributed by atoms with E-state index in [1.54, 1.807) is 6.92 Å². The number of esters is 1. The molecular formula is C12H22O5Si. The van der Waals surface area contributed by atoms with E-state index in [2.05, 4.69) is 11.3 Å². The van der Waals surface area contributed by atoms with Crippen molar-refractivity contribution in [2.75, 3.05) is 21.3 Å². The number of rotatable bonds is 9. The predicted octanol–water partition coefficient (Wildman–Crippen LogP) is 1.82. The molecule has 0 rings (SSSR count). The molecule has 104 valence electrons. The van der Waals surface area contributed by atoms with Gasteiger partial charge in [0.15, 0.2) is 5.78 Å². The molecule has 5 nitrogen and oxygen atoms in total. The molecule has 0 saturated heterocycles. The standard InChI is InChI=1S/C12H22O5Si/c1-10(2)11(13)7-6-8-18(16-4,17-5)9-12(14)15-3/h1,6-9H2,2-5H3. The second-order valence-corrected chi connectivity index (χ2v) is 7.62. The Morgan fingerprint density at radius 3 is 2.11 bits per heavy atom. The Morgan fingerprint density at radius 1 is 1.17 bits per heavy atom. The van der Waals surface area contributed by atoms with Gasteiger partial charge >= 0.3 is 14.5 Å². The molecule has 0 unspecified atom stereocenters. The lowest BCUT2D eigenvalue weighted by Crippen LogP contribution is -2.42. The quantitative estimate of drug-likeness (QED) is 0.364. The van der Waals surface area contributed by atoms with Crippen LogP contribution in [0.25, 0.3) is 0 Å². The van der Waals surface area contributed by atoms with Crippen molar-refractivity contribution in [3.05, 3.63) is 12.2 Å². The van der Waals surface area contributed by atoms with Gasteiger partial charge in [-0.1, -0.05) is 6.58 Å². The summed E-state index contributed by atoms with van der Waals surface area (Å²) >= 11 is 0. The highest BCUT2D eigenvalue weighted by Crippen LogP contribution is 2.21. The summed E-state index contributed by atoms with van der Waals surface area (Å²) in [5, 5.41) is 0. The van der Waals surface area contributed by atoms with Crippen LogP contribution in [0.15, 0.2) is 12.2 Å². The summed E-state index contributed by atoms with van der Waals surface area (Å²) in [6.45, 7) is 5.29. The molecule has 18 heavy (non-hydrogen) atoms. The number of carbonyl (C=O) groups is 2. The van der Waals surface area contributed by atoms with Crippen molar-refractivity contribution in [2.45, 2.75) is 31.9 Å². The highest BCUT2D eigenvalue weighted by molar-refractivity contribution is 6.70. The molecule has 0 bridgehead atoms. The first-order valence-electron chi connectivity index (χ1n) is 5.76. The number of methoxy groups -OCH3 is 1. The van der Waals surface area contributed by atoms with Gasteiger partial charge in [0.1, 0.15) is 0 Å². The summed E-state index contributed by atoms with van der Waals surface area (Å²) in [6.07, 6.45) is 1.02. The van der Waals surface area contributed by atoms with Crippen LogP contribution in [0.3, 0.4) is 0 Å². The van der Waals surface area contributed by atoms with Crippen LogP contribution >= 0.6 is 0 Å². The third-order valence-electron chi connectivity index (χ3n) is 2.82. The van der Waals surface area contributed by atoms with Crippen LogP contribution < -0.4 is 0 Å². The first-order valence-corrected chi connectivity index (χ1v) is 7.99. The van der Waals surface area contributed by atoms with Crippen molar-refractivity contribution in [2.24, 2.45) is 0 Å². The van der Waals surface area contributed by atoms with E-state index in [1.165, 1.54) is 21.3 Å². The number of hydrogen-bond donors (Lipinski definition) is 0. The molecule has 0 aromatic heterocycles. The Balaban J connectivity index is 4.39. The molecule has 6 heteroatoms. The maximum Gasteiger partial charge on any atom is 0.348 e. The average molecular weight is 274 g/mol. The van der Waals surface area contributed by atoms with E-state index in [0.29, 0.717) is 24.5 Å². The number of allylic oxidation sites excluding steroid dienone is 1. The number of ketones is 1. The minimum atomic E-state index is -2.59. The van der Waals surface area contributed by atoms with Crippen molar-refractivity contribution >= 4 is 20.3 Å². The summed E-state index contributed by atoms with van der Waals surface area (Å²) < 4.78 is 15.4. The fraction of sp³-hybridized carbons (Fsp3) is 0.667. The van der Waals surface area contributed by atoms with Crippen LogP contribution in [0, 0.1) is 0 Å². The van der Waals surface area contributed by atoms with E-state index >= 15 is 0 Å². The van der Waals surface area contributed by atoms with Crippen molar-refractivity contribution in [3.8, 4) is 0 Å². The summed E-state index contributed by atoms with van der Waals surface area (Å²) in [7, 11) is 1.80. The molecule has 0 aromatic rings. The first kappa shape index (κ1) is 17.0. The van der Waals surface area contributed by atoms with Crippen molar-refractivity contribution < 1.29 is 23.2 Å². The van der Waals surface area contributed by atoms with Gasteiger partial charge in [-0.25, -0.2) is 0 Å². The van der Waals surface area contributed by atoms with E-state index in [-0.39, 0.29) is 17.8 Å². The van der Waals surface area contributed by atoms with Crippen molar-refractivity contribution in [1.29, 1.82) is 0 Å². The van der Waals surface area contributed by atoms with Crippen LogP contribution in [0.1, 0.15) is 19.8 Å². The molecule has 0 aliphatic heterocycles. The lowest BCUT2D eigenvalue weighted by molar-refractivity contribution is -0.138. The Morgan fingerprint density at radius 2 is 1.72 bits per heavy atom. The van der Waals surface area contributed by atoms with Crippen LogP contribution in [-0.4, -0.2) is 41.6 Å². The van der Waals surface area contributed by atoms with Crippen molar-refractivity contribution in [1.82, 2.24) is 0 Å². The molecule has 0 aliphatic carbocycles. The Kier molecular flexibility index (Phi) is 7.73. The minimum absolute atomic E-state index is 0.0307. The molecule has 0 atom stereocenters. The van der Waals surface area contributed by atoms with Crippen molar-refractivity contribution in [3.63, 3.8) is 0 Å². The second-order valence-electron chi connectivity index (χ2n) is 4.13. The first-order chi connectivity index (χ1) is 8.40. The fourth-order valence-electron chi connectivity index (χ4n) is 1.54. The second kappa shape index (κ2) is 8.18. The van der Waals surface area contributed by atoms with Gasteiger partial charge in [-0.05, 0) is 25.0 Å². The molecule has 0 N–H and O–H groups in total. The average Bonchev–Trinajstić information content (AvgIpc) is 2.36. The third-order valence-corrected chi connectivity index (χ3v) is 6.25.